The highest BCUT2D eigenvalue weighted by Crippen LogP contribution is 2.30. The second-order valence-electron chi connectivity index (χ2n) is 7.43. The Labute approximate surface area is 189 Å². The first-order valence-electron chi connectivity index (χ1n) is 10.2. The van der Waals surface area contributed by atoms with Gasteiger partial charge in [-0.1, -0.05) is 35.5 Å². The lowest BCUT2D eigenvalue weighted by molar-refractivity contribution is 0.102. The van der Waals surface area contributed by atoms with E-state index in [1.165, 1.54) is 7.11 Å². The molecule has 0 aliphatic heterocycles. The molecule has 9 nitrogen and oxygen atoms in total. The number of aryl methyl sites for hydroxylation is 2. The van der Waals surface area contributed by atoms with Crippen molar-refractivity contribution >= 4 is 22.6 Å². The van der Waals surface area contributed by atoms with Gasteiger partial charge in [-0.05, 0) is 25.1 Å². The molecule has 4 aromatic heterocycles. The number of benzene rings is 1. The van der Waals surface area contributed by atoms with Crippen LogP contribution in [0.4, 0.5) is 5.69 Å². The topological polar surface area (TPSA) is 108 Å². The van der Waals surface area contributed by atoms with Gasteiger partial charge in [-0.15, -0.1) is 0 Å². The number of ether oxygens (including phenoxy) is 1. The number of fused-ring (bicyclic) bond motifs is 1. The van der Waals surface area contributed by atoms with Crippen LogP contribution in [0.1, 0.15) is 16.1 Å². The Hall–Kier alpha value is -4.53. The third-order valence-electron chi connectivity index (χ3n) is 5.33. The first kappa shape index (κ1) is 20.4. The number of anilines is 1. The molecule has 0 saturated heterocycles. The average Bonchev–Trinajstić information content (AvgIpc) is 3.42. The van der Waals surface area contributed by atoms with Crippen LogP contribution < -0.4 is 10.1 Å². The number of carbonyl (C=O) groups is 1. The zero-order chi connectivity index (χ0) is 22.9. The molecule has 1 amide bonds. The number of pyridine rings is 2. The molecule has 0 aliphatic carbocycles. The summed E-state index contributed by atoms with van der Waals surface area (Å²) in [6, 6.07) is 14.9. The second-order valence-corrected chi connectivity index (χ2v) is 7.43. The molecule has 0 saturated carbocycles. The summed E-state index contributed by atoms with van der Waals surface area (Å²) >= 11 is 0. The van der Waals surface area contributed by atoms with Crippen molar-refractivity contribution < 1.29 is 14.1 Å². The molecule has 33 heavy (non-hydrogen) atoms. The quantitative estimate of drug-likeness (QED) is 0.435. The summed E-state index contributed by atoms with van der Waals surface area (Å²) in [6.07, 6.45) is 3.44. The van der Waals surface area contributed by atoms with Crippen LogP contribution in [-0.2, 0) is 7.05 Å². The smallest absolute Gasteiger partial charge is 0.261 e. The van der Waals surface area contributed by atoms with Gasteiger partial charge < -0.3 is 14.6 Å². The van der Waals surface area contributed by atoms with Crippen molar-refractivity contribution in [2.75, 3.05) is 12.4 Å². The summed E-state index contributed by atoms with van der Waals surface area (Å²) in [6.45, 7) is 1.70. The highest BCUT2D eigenvalue weighted by atomic mass is 16.5. The van der Waals surface area contributed by atoms with Gasteiger partial charge in [0.05, 0.1) is 24.5 Å². The van der Waals surface area contributed by atoms with Crippen LogP contribution in [0.2, 0.25) is 0 Å². The Bertz CT molecular complexity index is 1470. The largest absolute Gasteiger partial charge is 0.479 e. The van der Waals surface area contributed by atoms with Crippen molar-refractivity contribution in [3.8, 4) is 28.4 Å². The summed E-state index contributed by atoms with van der Waals surface area (Å²) in [5.74, 6) is 0.338. The Morgan fingerprint density at radius 2 is 1.91 bits per heavy atom. The minimum absolute atomic E-state index is 0.279. The lowest BCUT2D eigenvalue weighted by Crippen LogP contribution is -2.14. The van der Waals surface area contributed by atoms with E-state index in [1.807, 2.05) is 43.4 Å². The Kier molecular flexibility index (Phi) is 5.06. The fourth-order valence-corrected chi connectivity index (χ4v) is 3.64. The number of rotatable bonds is 5. The predicted octanol–water partition coefficient (Wildman–Crippen LogP) is 4.25. The van der Waals surface area contributed by atoms with E-state index in [1.54, 1.807) is 36.1 Å². The first-order valence-corrected chi connectivity index (χ1v) is 10.2. The van der Waals surface area contributed by atoms with Gasteiger partial charge in [0, 0.05) is 24.4 Å². The monoisotopic (exact) mass is 440 g/mol. The van der Waals surface area contributed by atoms with Crippen LogP contribution >= 0.6 is 0 Å². The zero-order valence-electron chi connectivity index (χ0n) is 18.2. The normalized spacial score (nSPS) is 11.0. The SMILES string of the molecule is COc1nc(-c2cnc3cnn(C)c3c2)ccc1NC(=O)c1c(-c2ccccc2)noc1C. The molecular formula is C24H20N6O3. The van der Waals surface area contributed by atoms with E-state index in [4.69, 9.17) is 9.26 Å². The van der Waals surface area contributed by atoms with E-state index in [0.717, 1.165) is 22.2 Å². The molecule has 0 aliphatic rings. The number of nitrogens with zero attached hydrogens (tertiary/aromatic N) is 5. The molecule has 164 valence electrons. The molecule has 5 rings (SSSR count). The average molecular weight is 440 g/mol. The van der Waals surface area contributed by atoms with Crippen LogP contribution in [-0.4, -0.2) is 37.9 Å². The lowest BCUT2D eigenvalue weighted by Gasteiger charge is -2.11. The van der Waals surface area contributed by atoms with Gasteiger partial charge in [0.25, 0.3) is 5.91 Å². The number of hydrogen-bond acceptors (Lipinski definition) is 7. The molecule has 0 radical (unpaired) electrons. The van der Waals surface area contributed by atoms with E-state index >= 15 is 0 Å². The lowest BCUT2D eigenvalue weighted by atomic mass is 10.1. The second kappa shape index (κ2) is 8.19. The number of amides is 1. The van der Waals surface area contributed by atoms with Crippen molar-refractivity contribution in [2.24, 2.45) is 7.05 Å². The number of carbonyl (C=O) groups excluding carboxylic acids is 1. The van der Waals surface area contributed by atoms with Crippen molar-refractivity contribution in [1.29, 1.82) is 0 Å². The molecule has 1 N–H and O–H groups in total. The maximum absolute atomic E-state index is 13.2. The molecule has 9 heteroatoms. The van der Waals surface area contributed by atoms with Gasteiger partial charge in [0.15, 0.2) is 0 Å². The number of nitrogens with one attached hydrogen (secondary N) is 1. The third-order valence-corrected chi connectivity index (χ3v) is 5.33. The molecule has 0 atom stereocenters. The molecule has 0 fully saturated rings. The molecule has 5 aromatic rings. The van der Waals surface area contributed by atoms with Crippen LogP contribution in [0.3, 0.4) is 0 Å². The predicted molar refractivity (Wildman–Crippen MR) is 123 cm³/mol. The molecular weight excluding hydrogens is 420 g/mol. The summed E-state index contributed by atoms with van der Waals surface area (Å²) < 4.78 is 12.5. The highest BCUT2D eigenvalue weighted by molar-refractivity contribution is 6.09. The summed E-state index contributed by atoms with van der Waals surface area (Å²) in [4.78, 5) is 22.2. The van der Waals surface area contributed by atoms with Crippen LogP contribution in [0, 0.1) is 6.92 Å². The van der Waals surface area contributed by atoms with Crippen molar-refractivity contribution in [1.82, 2.24) is 24.9 Å². The van der Waals surface area contributed by atoms with Crippen LogP contribution in [0.15, 0.2) is 65.4 Å². The summed E-state index contributed by atoms with van der Waals surface area (Å²) in [7, 11) is 3.36. The van der Waals surface area contributed by atoms with Crippen molar-refractivity contribution in [3.63, 3.8) is 0 Å². The van der Waals surface area contributed by atoms with Gasteiger partial charge >= 0.3 is 0 Å². The van der Waals surface area contributed by atoms with E-state index in [-0.39, 0.29) is 11.8 Å². The summed E-state index contributed by atoms with van der Waals surface area (Å²) in [5.41, 5.74) is 5.22. The van der Waals surface area contributed by atoms with Crippen molar-refractivity contribution in [2.45, 2.75) is 6.92 Å². The fraction of sp³-hybridized carbons (Fsp3) is 0.125. The minimum atomic E-state index is -0.363. The van der Waals surface area contributed by atoms with Gasteiger partial charge in [-0.2, -0.15) is 5.10 Å². The van der Waals surface area contributed by atoms with Gasteiger partial charge in [-0.25, -0.2) is 4.98 Å². The van der Waals surface area contributed by atoms with E-state index in [9.17, 15) is 4.79 Å². The summed E-state index contributed by atoms with van der Waals surface area (Å²) in [5, 5.41) is 11.2. The molecule has 0 bridgehead atoms. The highest BCUT2D eigenvalue weighted by Gasteiger charge is 2.23. The van der Waals surface area contributed by atoms with Crippen LogP contribution in [0.5, 0.6) is 5.88 Å². The van der Waals surface area contributed by atoms with Gasteiger partial charge in [0.2, 0.25) is 5.88 Å². The molecule has 4 heterocycles. The Morgan fingerprint density at radius 1 is 1.09 bits per heavy atom. The van der Waals surface area contributed by atoms with Crippen LogP contribution in [0.25, 0.3) is 33.5 Å². The molecule has 0 unspecified atom stereocenters. The van der Waals surface area contributed by atoms with Crippen molar-refractivity contribution in [3.05, 3.63) is 72.2 Å². The molecule has 1 aromatic carbocycles. The maximum Gasteiger partial charge on any atom is 0.261 e. The van der Waals surface area contributed by atoms with E-state index in [2.05, 4.69) is 25.5 Å². The minimum Gasteiger partial charge on any atom is -0.479 e. The number of aromatic nitrogens is 5. The zero-order valence-corrected chi connectivity index (χ0v) is 18.2. The standard InChI is InChI=1S/C24H20N6O3/c1-14-21(22(29-33-14)15-7-5-4-6-8-15)23(31)27-18-10-9-17(28-24(18)32-3)16-11-20-19(25-12-16)13-26-30(20)2/h4-13H,1-3H3,(H,27,31). The Balaban J connectivity index is 1.47. The first-order chi connectivity index (χ1) is 16.0. The van der Waals surface area contributed by atoms with E-state index in [0.29, 0.717) is 28.4 Å². The molecule has 0 spiro atoms. The van der Waals surface area contributed by atoms with Gasteiger partial charge in [0.1, 0.15) is 28.2 Å². The Morgan fingerprint density at radius 3 is 2.70 bits per heavy atom. The van der Waals surface area contributed by atoms with Gasteiger partial charge in [-0.3, -0.25) is 14.5 Å². The fourth-order valence-electron chi connectivity index (χ4n) is 3.64. The number of methoxy groups -OCH3 is 1. The van der Waals surface area contributed by atoms with E-state index < -0.39 is 0 Å². The third kappa shape index (κ3) is 3.69. The maximum atomic E-state index is 13.2. The number of hydrogen-bond donors (Lipinski definition) is 1.